The van der Waals surface area contributed by atoms with E-state index in [-0.39, 0.29) is 6.10 Å². The molecule has 124 valence electrons. The first-order valence-electron chi connectivity index (χ1n) is 8.03. The predicted octanol–water partition coefficient (Wildman–Crippen LogP) is 4.22. The number of anilines is 2. The van der Waals surface area contributed by atoms with E-state index in [1.165, 1.54) is 10.4 Å². The molecule has 4 rings (SSSR count). The van der Waals surface area contributed by atoms with E-state index in [4.69, 9.17) is 9.47 Å². The number of thiophene rings is 1. The lowest BCUT2D eigenvalue weighted by molar-refractivity contribution is 0.142. The molecule has 0 radical (unpaired) electrons. The number of nitrogens with zero attached hydrogens (tertiary/aromatic N) is 2. The first kappa shape index (κ1) is 15.4. The monoisotopic (exact) mass is 341 g/mol. The van der Waals surface area contributed by atoms with E-state index < -0.39 is 0 Å². The first-order chi connectivity index (χ1) is 11.7. The third-order valence-electron chi connectivity index (χ3n) is 4.29. The van der Waals surface area contributed by atoms with Gasteiger partial charge in [-0.2, -0.15) is 0 Å². The number of rotatable bonds is 4. The Morgan fingerprint density at radius 3 is 2.96 bits per heavy atom. The number of para-hydroxylation sites is 2. The van der Waals surface area contributed by atoms with Crippen LogP contribution in [0.25, 0.3) is 10.2 Å². The minimum Gasteiger partial charge on any atom is -0.486 e. The van der Waals surface area contributed by atoms with Gasteiger partial charge in [0.2, 0.25) is 0 Å². The van der Waals surface area contributed by atoms with Crippen LogP contribution in [0.3, 0.4) is 0 Å². The molecule has 1 aliphatic heterocycles. The number of nitrogens with one attached hydrogen (secondary N) is 1. The highest BCUT2D eigenvalue weighted by Gasteiger charge is 2.19. The molecule has 1 N–H and O–H groups in total. The van der Waals surface area contributed by atoms with E-state index in [1.807, 2.05) is 24.3 Å². The summed E-state index contributed by atoms with van der Waals surface area (Å²) >= 11 is 1.69. The molecule has 3 aromatic rings. The summed E-state index contributed by atoms with van der Waals surface area (Å²) in [7, 11) is 0. The highest BCUT2D eigenvalue weighted by Crippen LogP contribution is 2.36. The number of benzene rings is 1. The summed E-state index contributed by atoms with van der Waals surface area (Å²) < 4.78 is 11.5. The second kappa shape index (κ2) is 6.37. The summed E-state index contributed by atoms with van der Waals surface area (Å²) in [6.45, 7) is 5.64. The number of aryl methyl sites for hydroxylation is 2. The number of hydrogen-bond donors (Lipinski definition) is 1. The van der Waals surface area contributed by atoms with Gasteiger partial charge in [0.25, 0.3) is 0 Å². The van der Waals surface area contributed by atoms with Crippen LogP contribution in [0.5, 0.6) is 5.75 Å². The number of ether oxygens (including phenoxy) is 2. The van der Waals surface area contributed by atoms with Crippen LogP contribution in [0.15, 0.2) is 30.6 Å². The quantitative estimate of drug-likeness (QED) is 0.770. The van der Waals surface area contributed by atoms with Gasteiger partial charge in [-0.15, -0.1) is 11.3 Å². The van der Waals surface area contributed by atoms with E-state index in [2.05, 4.69) is 29.1 Å². The van der Waals surface area contributed by atoms with Crippen molar-refractivity contribution in [2.24, 2.45) is 0 Å². The van der Waals surface area contributed by atoms with Crippen molar-refractivity contribution in [1.29, 1.82) is 0 Å². The van der Waals surface area contributed by atoms with Crippen molar-refractivity contribution in [3.8, 4) is 5.75 Å². The van der Waals surface area contributed by atoms with E-state index in [1.54, 1.807) is 17.7 Å². The van der Waals surface area contributed by atoms with E-state index in [9.17, 15) is 0 Å². The lowest BCUT2D eigenvalue weighted by Crippen LogP contribution is -2.16. The van der Waals surface area contributed by atoms with Crippen molar-refractivity contribution in [3.63, 3.8) is 0 Å². The Hall–Kier alpha value is -2.18. The van der Waals surface area contributed by atoms with Crippen molar-refractivity contribution in [2.75, 3.05) is 18.5 Å². The second-order valence-corrected chi connectivity index (χ2v) is 7.11. The molecule has 0 bridgehead atoms. The fraction of sp³-hybridized carbons (Fsp3) is 0.333. The molecule has 24 heavy (non-hydrogen) atoms. The lowest BCUT2D eigenvalue weighted by atomic mass is 10.2. The lowest BCUT2D eigenvalue weighted by Gasteiger charge is -2.16. The normalized spacial score (nSPS) is 17.3. The molecule has 3 heterocycles. The summed E-state index contributed by atoms with van der Waals surface area (Å²) in [5, 5.41) is 4.52. The maximum absolute atomic E-state index is 6.10. The molecule has 2 aromatic heterocycles. The minimum atomic E-state index is 0.114. The molecule has 0 aliphatic carbocycles. The van der Waals surface area contributed by atoms with Crippen LogP contribution in [0, 0.1) is 13.8 Å². The molecule has 0 amide bonds. The van der Waals surface area contributed by atoms with Crippen LogP contribution in [0.2, 0.25) is 0 Å². The van der Waals surface area contributed by atoms with Crippen molar-refractivity contribution >= 4 is 33.1 Å². The number of fused-ring (bicyclic) bond motifs is 1. The highest BCUT2D eigenvalue weighted by atomic mass is 32.1. The molecule has 1 atom stereocenters. The smallest absolute Gasteiger partial charge is 0.143 e. The van der Waals surface area contributed by atoms with Crippen LogP contribution in [-0.2, 0) is 4.74 Å². The van der Waals surface area contributed by atoms with Crippen LogP contribution in [0.4, 0.5) is 11.5 Å². The topological polar surface area (TPSA) is 56.3 Å². The molecule has 0 saturated carbocycles. The molecule has 0 spiro atoms. The molecule has 1 saturated heterocycles. The van der Waals surface area contributed by atoms with Gasteiger partial charge in [0, 0.05) is 11.3 Å². The van der Waals surface area contributed by atoms with Gasteiger partial charge in [-0.05, 0) is 31.5 Å². The summed E-state index contributed by atoms with van der Waals surface area (Å²) in [4.78, 5) is 11.1. The van der Waals surface area contributed by atoms with Crippen LogP contribution < -0.4 is 10.1 Å². The van der Waals surface area contributed by atoms with Gasteiger partial charge < -0.3 is 14.8 Å². The Labute approximate surface area is 144 Å². The van der Waals surface area contributed by atoms with Crippen molar-refractivity contribution < 1.29 is 9.47 Å². The fourth-order valence-electron chi connectivity index (χ4n) is 2.86. The Bertz CT molecular complexity index is 872. The predicted molar refractivity (Wildman–Crippen MR) is 96.5 cm³/mol. The van der Waals surface area contributed by atoms with Crippen molar-refractivity contribution in [3.05, 3.63) is 41.0 Å². The van der Waals surface area contributed by atoms with Crippen molar-refractivity contribution in [1.82, 2.24) is 9.97 Å². The van der Waals surface area contributed by atoms with Gasteiger partial charge in [-0.3, -0.25) is 0 Å². The van der Waals surface area contributed by atoms with Gasteiger partial charge in [0.1, 0.15) is 28.8 Å². The summed E-state index contributed by atoms with van der Waals surface area (Å²) in [5.41, 5.74) is 2.13. The largest absolute Gasteiger partial charge is 0.486 e. The molecule has 5 nitrogen and oxygen atoms in total. The van der Waals surface area contributed by atoms with E-state index in [0.717, 1.165) is 40.5 Å². The molecule has 1 fully saturated rings. The third kappa shape index (κ3) is 2.83. The molecule has 6 heteroatoms. The average molecular weight is 341 g/mol. The molecular formula is C18H19N3O2S. The van der Waals surface area contributed by atoms with Crippen LogP contribution in [0.1, 0.15) is 16.9 Å². The summed E-state index contributed by atoms with van der Waals surface area (Å²) in [6.07, 6.45) is 2.65. The number of aromatic nitrogens is 2. The molecule has 1 aliphatic rings. The van der Waals surface area contributed by atoms with E-state index >= 15 is 0 Å². The maximum Gasteiger partial charge on any atom is 0.143 e. The van der Waals surface area contributed by atoms with Gasteiger partial charge in [0.15, 0.2) is 0 Å². The zero-order chi connectivity index (χ0) is 16.5. The van der Waals surface area contributed by atoms with Gasteiger partial charge >= 0.3 is 0 Å². The Balaban J connectivity index is 1.68. The van der Waals surface area contributed by atoms with Crippen molar-refractivity contribution in [2.45, 2.75) is 26.4 Å². The first-order valence-corrected chi connectivity index (χ1v) is 8.85. The standard InChI is InChI=1S/C18H19N3O2S/c1-11-12(2)24-18-16(11)17(19-10-20-18)21-14-5-3-4-6-15(14)23-13-7-8-22-9-13/h3-6,10,13H,7-9H2,1-2H3,(H,19,20,21). The van der Waals surface area contributed by atoms with Gasteiger partial charge in [-0.1, -0.05) is 12.1 Å². The van der Waals surface area contributed by atoms with E-state index in [0.29, 0.717) is 6.61 Å². The zero-order valence-corrected chi connectivity index (χ0v) is 14.5. The number of hydrogen-bond acceptors (Lipinski definition) is 6. The molecular weight excluding hydrogens is 322 g/mol. The maximum atomic E-state index is 6.10. The summed E-state index contributed by atoms with van der Waals surface area (Å²) in [5.74, 6) is 1.64. The Kier molecular flexibility index (Phi) is 4.08. The summed E-state index contributed by atoms with van der Waals surface area (Å²) in [6, 6.07) is 7.95. The SMILES string of the molecule is Cc1sc2ncnc(Nc3ccccc3OC3CCOC3)c2c1C. The Morgan fingerprint density at radius 2 is 2.12 bits per heavy atom. The van der Waals surface area contributed by atoms with Gasteiger partial charge in [0.05, 0.1) is 24.3 Å². The molecule has 1 aromatic carbocycles. The zero-order valence-electron chi connectivity index (χ0n) is 13.7. The average Bonchev–Trinajstić information content (AvgIpc) is 3.19. The minimum absolute atomic E-state index is 0.114. The fourth-order valence-corrected chi connectivity index (χ4v) is 3.86. The molecule has 1 unspecified atom stereocenters. The van der Waals surface area contributed by atoms with Crippen LogP contribution >= 0.6 is 11.3 Å². The Morgan fingerprint density at radius 1 is 1.25 bits per heavy atom. The third-order valence-corrected chi connectivity index (χ3v) is 5.40. The highest BCUT2D eigenvalue weighted by molar-refractivity contribution is 7.18. The van der Waals surface area contributed by atoms with Gasteiger partial charge in [-0.25, -0.2) is 9.97 Å². The van der Waals surface area contributed by atoms with Crippen LogP contribution in [-0.4, -0.2) is 29.3 Å². The second-order valence-electron chi connectivity index (χ2n) is 5.91.